The van der Waals surface area contributed by atoms with E-state index in [9.17, 15) is 13.6 Å². The van der Waals surface area contributed by atoms with E-state index in [2.05, 4.69) is 9.88 Å². The van der Waals surface area contributed by atoms with Crippen LogP contribution in [-0.4, -0.2) is 52.9 Å². The Morgan fingerprint density at radius 3 is 2.63 bits per heavy atom. The molecule has 27 heavy (non-hydrogen) atoms. The van der Waals surface area contributed by atoms with Gasteiger partial charge < -0.3 is 9.64 Å². The van der Waals surface area contributed by atoms with Crippen LogP contribution in [-0.2, 0) is 0 Å². The van der Waals surface area contributed by atoms with Crippen molar-refractivity contribution >= 4 is 5.91 Å². The van der Waals surface area contributed by atoms with E-state index < -0.39 is 11.6 Å². The second-order valence-corrected chi connectivity index (χ2v) is 6.97. The minimum Gasteiger partial charge on any atom is -0.436 e. The van der Waals surface area contributed by atoms with Gasteiger partial charge >= 0.3 is 0 Å². The minimum absolute atomic E-state index is 0.0559. The van der Waals surface area contributed by atoms with Gasteiger partial charge in [-0.2, -0.15) is 0 Å². The Bertz CT molecular complexity index is 824. The van der Waals surface area contributed by atoms with Crippen LogP contribution in [0.4, 0.5) is 8.78 Å². The number of benzene rings is 1. The number of carbonyl (C=O) groups excluding carboxylic acids is 1. The summed E-state index contributed by atoms with van der Waals surface area (Å²) in [4.78, 5) is 21.2. The molecule has 2 aromatic rings. The second kappa shape index (κ2) is 7.60. The van der Waals surface area contributed by atoms with Crippen LogP contribution >= 0.6 is 0 Å². The van der Waals surface area contributed by atoms with E-state index in [1.807, 2.05) is 4.90 Å². The minimum atomic E-state index is -0.804. The van der Waals surface area contributed by atoms with Gasteiger partial charge in [-0.05, 0) is 37.5 Å². The molecule has 0 bridgehead atoms. The van der Waals surface area contributed by atoms with Crippen molar-refractivity contribution in [1.82, 2.24) is 14.8 Å². The fourth-order valence-electron chi connectivity index (χ4n) is 3.37. The molecule has 0 radical (unpaired) electrons. The molecule has 7 heteroatoms. The molecule has 1 aromatic carbocycles. The summed E-state index contributed by atoms with van der Waals surface area (Å²) >= 11 is 0. The van der Waals surface area contributed by atoms with Crippen molar-refractivity contribution in [3.8, 4) is 11.6 Å². The van der Waals surface area contributed by atoms with Gasteiger partial charge in [0.25, 0.3) is 5.91 Å². The molecule has 0 atom stereocenters. The number of aromatic nitrogens is 1. The normalized spacial score (nSPS) is 18.2. The number of hydrogen-bond acceptors (Lipinski definition) is 4. The molecule has 4 rings (SSSR count). The number of ether oxygens (including phenoxy) is 1. The predicted molar refractivity (Wildman–Crippen MR) is 95.8 cm³/mol. The smallest absolute Gasteiger partial charge is 0.255 e. The van der Waals surface area contributed by atoms with Crippen molar-refractivity contribution < 1.29 is 18.3 Å². The highest BCUT2D eigenvalue weighted by Gasteiger charge is 2.31. The average Bonchev–Trinajstić information content (AvgIpc) is 3.50. The van der Waals surface area contributed by atoms with Gasteiger partial charge in [0, 0.05) is 50.6 Å². The van der Waals surface area contributed by atoms with E-state index in [1.54, 1.807) is 6.07 Å². The average molecular weight is 373 g/mol. The number of halogens is 2. The van der Waals surface area contributed by atoms with Gasteiger partial charge in [-0.3, -0.25) is 9.69 Å². The highest BCUT2D eigenvalue weighted by atomic mass is 19.1. The van der Waals surface area contributed by atoms with Crippen molar-refractivity contribution in [2.24, 2.45) is 0 Å². The lowest BCUT2D eigenvalue weighted by molar-refractivity contribution is 0.0760. The molecule has 5 nitrogen and oxygen atoms in total. The molecular weight excluding hydrogens is 352 g/mol. The third kappa shape index (κ3) is 4.24. The molecule has 0 spiro atoms. The molecular formula is C20H21F2N3O2. The zero-order valence-electron chi connectivity index (χ0n) is 14.9. The highest BCUT2D eigenvalue weighted by molar-refractivity contribution is 5.94. The first-order valence-electron chi connectivity index (χ1n) is 9.22. The van der Waals surface area contributed by atoms with Crippen LogP contribution in [0.1, 0.15) is 29.6 Å². The maximum Gasteiger partial charge on any atom is 0.255 e. The zero-order valence-corrected chi connectivity index (χ0v) is 14.9. The number of hydrogen-bond donors (Lipinski definition) is 0. The van der Waals surface area contributed by atoms with E-state index in [-0.39, 0.29) is 17.5 Å². The highest BCUT2D eigenvalue weighted by Crippen LogP contribution is 2.28. The first kappa shape index (κ1) is 17.9. The van der Waals surface area contributed by atoms with Crippen molar-refractivity contribution in [1.29, 1.82) is 0 Å². The molecule has 1 aliphatic carbocycles. The Morgan fingerprint density at radius 1 is 1.07 bits per heavy atom. The number of amides is 1. The molecule has 1 saturated carbocycles. The van der Waals surface area contributed by atoms with Gasteiger partial charge in [-0.25, -0.2) is 13.8 Å². The van der Waals surface area contributed by atoms with Gasteiger partial charge in [0.15, 0.2) is 11.6 Å². The number of nitrogens with zero attached hydrogens (tertiary/aromatic N) is 3. The standard InChI is InChI=1S/C20H21F2N3O2/c21-15-3-6-18(17(22)12-15)27-19-7-2-14(13-23-19)20(26)25-9-1-8-24(10-11-25)16-4-5-16/h2-3,6-7,12-13,16H,1,4-5,8-11H2. The topological polar surface area (TPSA) is 45.7 Å². The summed E-state index contributed by atoms with van der Waals surface area (Å²) in [6, 6.07) is 6.91. The van der Waals surface area contributed by atoms with Crippen LogP contribution in [0, 0.1) is 11.6 Å². The molecule has 2 fully saturated rings. The number of pyridine rings is 1. The molecule has 1 aromatic heterocycles. The van der Waals surface area contributed by atoms with Gasteiger partial charge in [0.05, 0.1) is 5.56 Å². The SMILES string of the molecule is O=C(c1ccc(Oc2ccc(F)cc2F)nc1)N1CCCN(C2CC2)CC1. The van der Waals surface area contributed by atoms with Crippen molar-refractivity contribution in [2.75, 3.05) is 26.2 Å². The Kier molecular flexibility index (Phi) is 5.03. The number of carbonyl (C=O) groups is 1. The van der Waals surface area contributed by atoms with Crippen LogP contribution in [0.3, 0.4) is 0 Å². The quantitative estimate of drug-likeness (QED) is 0.823. The Labute approximate surface area is 156 Å². The first-order valence-corrected chi connectivity index (χ1v) is 9.22. The lowest BCUT2D eigenvalue weighted by Gasteiger charge is -2.21. The lowest BCUT2D eigenvalue weighted by Crippen LogP contribution is -2.35. The summed E-state index contributed by atoms with van der Waals surface area (Å²) in [5, 5.41) is 0. The predicted octanol–water partition coefficient (Wildman–Crippen LogP) is 3.46. The molecule has 0 N–H and O–H groups in total. The van der Waals surface area contributed by atoms with Crippen molar-refractivity contribution in [2.45, 2.75) is 25.3 Å². The van der Waals surface area contributed by atoms with Crippen LogP contribution in [0.15, 0.2) is 36.5 Å². The van der Waals surface area contributed by atoms with Gasteiger partial charge in [0.1, 0.15) is 5.82 Å². The first-order chi connectivity index (χ1) is 13.1. The van der Waals surface area contributed by atoms with Crippen LogP contribution < -0.4 is 4.74 Å². The molecule has 1 amide bonds. The summed E-state index contributed by atoms with van der Waals surface area (Å²) in [5.41, 5.74) is 0.474. The summed E-state index contributed by atoms with van der Waals surface area (Å²) in [6.07, 6.45) is 4.95. The molecule has 142 valence electrons. The molecule has 2 heterocycles. The van der Waals surface area contributed by atoms with Gasteiger partial charge in [0.2, 0.25) is 5.88 Å². The summed E-state index contributed by atoms with van der Waals surface area (Å²) < 4.78 is 31.9. The fraction of sp³-hybridized carbons (Fsp3) is 0.400. The lowest BCUT2D eigenvalue weighted by atomic mass is 10.2. The van der Waals surface area contributed by atoms with Crippen LogP contribution in [0.5, 0.6) is 11.6 Å². The molecule has 2 aliphatic rings. The number of rotatable bonds is 4. The maximum absolute atomic E-state index is 13.7. The Morgan fingerprint density at radius 2 is 1.93 bits per heavy atom. The molecule has 0 unspecified atom stereocenters. The third-order valence-electron chi connectivity index (χ3n) is 4.97. The summed E-state index contributed by atoms with van der Waals surface area (Å²) in [7, 11) is 0. The van der Waals surface area contributed by atoms with Gasteiger partial charge in [-0.1, -0.05) is 0 Å². The van der Waals surface area contributed by atoms with E-state index in [1.165, 1.54) is 31.2 Å². The monoisotopic (exact) mass is 373 g/mol. The van der Waals surface area contributed by atoms with Crippen LogP contribution in [0.25, 0.3) is 0 Å². The van der Waals surface area contributed by atoms with Crippen molar-refractivity contribution in [3.63, 3.8) is 0 Å². The van der Waals surface area contributed by atoms with Gasteiger partial charge in [-0.15, -0.1) is 0 Å². The van der Waals surface area contributed by atoms with E-state index in [4.69, 9.17) is 4.74 Å². The van der Waals surface area contributed by atoms with E-state index in [0.29, 0.717) is 18.2 Å². The zero-order chi connectivity index (χ0) is 18.8. The third-order valence-corrected chi connectivity index (χ3v) is 4.97. The second-order valence-electron chi connectivity index (χ2n) is 6.97. The van der Waals surface area contributed by atoms with Crippen molar-refractivity contribution in [3.05, 3.63) is 53.7 Å². The summed E-state index contributed by atoms with van der Waals surface area (Å²) in [5.74, 6) is -1.50. The van der Waals surface area contributed by atoms with E-state index in [0.717, 1.165) is 38.2 Å². The summed E-state index contributed by atoms with van der Waals surface area (Å²) in [6.45, 7) is 3.41. The Balaban J connectivity index is 1.39. The molecule has 1 saturated heterocycles. The largest absolute Gasteiger partial charge is 0.436 e. The Hall–Kier alpha value is -2.54. The maximum atomic E-state index is 13.7. The van der Waals surface area contributed by atoms with E-state index >= 15 is 0 Å². The molecule has 1 aliphatic heterocycles. The fourth-order valence-corrected chi connectivity index (χ4v) is 3.37. The van der Waals surface area contributed by atoms with Crippen LogP contribution in [0.2, 0.25) is 0 Å².